The van der Waals surface area contributed by atoms with Crippen LogP contribution in [-0.2, 0) is 6.61 Å². The van der Waals surface area contributed by atoms with Crippen LogP contribution in [0.15, 0.2) is 18.2 Å². The van der Waals surface area contributed by atoms with Crippen molar-refractivity contribution in [2.75, 3.05) is 0 Å². The topological polar surface area (TPSA) is 40.5 Å². The van der Waals surface area contributed by atoms with Crippen LogP contribution in [-0.4, -0.2) is 10.2 Å². The van der Waals surface area contributed by atoms with Crippen molar-refractivity contribution < 1.29 is 10.2 Å². The van der Waals surface area contributed by atoms with Crippen LogP contribution in [0.25, 0.3) is 10.1 Å². The minimum atomic E-state index is -0.151. The molecular formula is C9H7ClO2S. The second-order valence-corrected chi connectivity index (χ2v) is 4.19. The highest BCUT2D eigenvalue weighted by atomic mass is 35.5. The number of aromatic hydroxyl groups is 1. The van der Waals surface area contributed by atoms with Crippen LogP contribution < -0.4 is 0 Å². The molecule has 1 heterocycles. The van der Waals surface area contributed by atoms with E-state index in [1.807, 2.05) is 12.1 Å². The molecule has 0 fully saturated rings. The fourth-order valence-corrected chi connectivity index (χ4v) is 2.55. The van der Waals surface area contributed by atoms with Crippen LogP contribution in [0, 0.1) is 0 Å². The van der Waals surface area contributed by atoms with Gasteiger partial charge in [0.05, 0.1) is 21.9 Å². The molecule has 0 aliphatic carbocycles. The molecule has 1 aromatic heterocycles. The van der Waals surface area contributed by atoms with Crippen molar-refractivity contribution >= 4 is 33.0 Å². The molecule has 0 bridgehead atoms. The van der Waals surface area contributed by atoms with Crippen molar-refractivity contribution in [2.45, 2.75) is 6.61 Å². The minimum Gasteiger partial charge on any atom is -0.506 e. The van der Waals surface area contributed by atoms with E-state index in [9.17, 15) is 5.11 Å². The van der Waals surface area contributed by atoms with Crippen LogP contribution in [0.1, 0.15) is 4.88 Å². The number of hydrogen-bond donors (Lipinski definition) is 2. The summed E-state index contributed by atoms with van der Waals surface area (Å²) in [5.74, 6) is 0.105. The Morgan fingerprint density at radius 2 is 2.15 bits per heavy atom. The summed E-state index contributed by atoms with van der Waals surface area (Å²) in [6, 6.07) is 5.41. The average molecular weight is 215 g/mol. The molecular weight excluding hydrogens is 208 g/mol. The molecule has 0 aliphatic rings. The standard InChI is InChI=1S/C9H7ClO2S/c10-5-2-1-3-6-8(5)9(12)7(4-11)13-6/h1-3,11-12H,4H2. The Hall–Kier alpha value is -0.770. The van der Waals surface area contributed by atoms with Gasteiger partial charge in [0, 0.05) is 4.70 Å². The number of rotatable bonds is 1. The molecule has 0 saturated heterocycles. The van der Waals surface area contributed by atoms with Gasteiger partial charge >= 0.3 is 0 Å². The number of benzene rings is 1. The molecule has 2 aromatic rings. The number of fused-ring (bicyclic) bond motifs is 1. The molecule has 13 heavy (non-hydrogen) atoms. The lowest BCUT2D eigenvalue weighted by Crippen LogP contribution is -1.74. The first-order valence-corrected chi connectivity index (χ1v) is 4.93. The van der Waals surface area contributed by atoms with Crippen molar-refractivity contribution in [1.29, 1.82) is 0 Å². The smallest absolute Gasteiger partial charge is 0.141 e. The van der Waals surface area contributed by atoms with Gasteiger partial charge in [-0.15, -0.1) is 11.3 Å². The van der Waals surface area contributed by atoms with Crippen molar-refractivity contribution in [3.63, 3.8) is 0 Å². The lowest BCUT2D eigenvalue weighted by atomic mass is 10.2. The normalized spacial score (nSPS) is 10.9. The molecule has 2 nitrogen and oxygen atoms in total. The van der Waals surface area contributed by atoms with Gasteiger partial charge in [-0.2, -0.15) is 0 Å². The minimum absolute atomic E-state index is 0.105. The maximum Gasteiger partial charge on any atom is 0.141 e. The van der Waals surface area contributed by atoms with Crippen molar-refractivity contribution in [1.82, 2.24) is 0 Å². The summed E-state index contributed by atoms with van der Waals surface area (Å²) < 4.78 is 0.897. The number of aliphatic hydroxyl groups is 1. The fourth-order valence-electron chi connectivity index (χ4n) is 1.25. The van der Waals surface area contributed by atoms with Crippen molar-refractivity contribution in [2.24, 2.45) is 0 Å². The second kappa shape index (κ2) is 3.18. The molecule has 0 radical (unpaired) electrons. The summed E-state index contributed by atoms with van der Waals surface area (Å²) in [4.78, 5) is 0.558. The molecule has 2 rings (SSSR count). The van der Waals surface area contributed by atoms with E-state index < -0.39 is 0 Å². The summed E-state index contributed by atoms with van der Waals surface area (Å²) >= 11 is 7.25. The fraction of sp³-hybridized carbons (Fsp3) is 0.111. The van der Waals surface area contributed by atoms with Gasteiger partial charge in [-0.1, -0.05) is 17.7 Å². The molecule has 4 heteroatoms. The van der Waals surface area contributed by atoms with Gasteiger partial charge in [0.1, 0.15) is 5.75 Å². The van der Waals surface area contributed by atoms with E-state index in [0.29, 0.717) is 15.3 Å². The van der Waals surface area contributed by atoms with E-state index in [-0.39, 0.29) is 12.4 Å². The molecule has 0 saturated carbocycles. The second-order valence-electron chi connectivity index (χ2n) is 2.64. The third-order valence-corrected chi connectivity index (χ3v) is 3.30. The first-order chi connectivity index (χ1) is 6.24. The number of halogens is 1. The molecule has 1 aromatic carbocycles. The Morgan fingerprint density at radius 3 is 2.77 bits per heavy atom. The molecule has 0 atom stereocenters. The molecule has 0 aliphatic heterocycles. The monoisotopic (exact) mass is 214 g/mol. The van der Waals surface area contributed by atoms with E-state index in [1.54, 1.807) is 6.07 Å². The Balaban J connectivity index is 2.85. The Labute approximate surface area is 84.0 Å². The first-order valence-electron chi connectivity index (χ1n) is 3.73. The Morgan fingerprint density at radius 1 is 1.38 bits per heavy atom. The Bertz CT molecular complexity index is 450. The average Bonchev–Trinajstić information content (AvgIpc) is 2.44. The van der Waals surface area contributed by atoms with Gasteiger partial charge in [-0.25, -0.2) is 0 Å². The summed E-state index contributed by atoms with van der Waals surface area (Å²) in [6.45, 7) is -0.151. The largest absolute Gasteiger partial charge is 0.506 e. The third kappa shape index (κ3) is 1.29. The van der Waals surface area contributed by atoms with Gasteiger partial charge in [0.15, 0.2) is 0 Å². The molecule has 0 unspecified atom stereocenters. The molecule has 68 valence electrons. The van der Waals surface area contributed by atoms with E-state index >= 15 is 0 Å². The zero-order valence-electron chi connectivity index (χ0n) is 6.62. The number of aliphatic hydroxyl groups excluding tert-OH is 1. The van der Waals surface area contributed by atoms with Crippen LogP contribution in [0.3, 0.4) is 0 Å². The van der Waals surface area contributed by atoms with Crippen LogP contribution in [0.2, 0.25) is 5.02 Å². The highest BCUT2D eigenvalue weighted by molar-refractivity contribution is 7.19. The van der Waals surface area contributed by atoms with Crippen LogP contribution in [0.5, 0.6) is 5.75 Å². The van der Waals surface area contributed by atoms with Crippen LogP contribution in [0.4, 0.5) is 0 Å². The van der Waals surface area contributed by atoms with Crippen LogP contribution >= 0.6 is 22.9 Å². The number of hydrogen-bond acceptors (Lipinski definition) is 3. The highest BCUT2D eigenvalue weighted by Crippen LogP contribution is 2.40. The van der Waals surface area contributed by atoms with Crippen molar-refractivity contribution in [3.8, 4) is 5.75 Å². The lowest BCUT2D eigenvalue weighted by Gasteiger charge is -1.94. The lowest BCUT2D eigenvalue weighted by molar-refractivity contribution is 0.280. The van der Waals surface area contributed by atoms with E-state index in [0.717, 1.165) is 4.70 Å². The Kier molecular flexibility index (Phi) is 2.15. The van der Waals surface area contributed by atoms with Gasteiger partial charge in [-0.3, -0.25) is 0 Å². The van der Waals surface area contributed by atoms with Gasteiger partial charge in [0.2, 0.25) is 0 Å². The summed E-state index contributed by atoms with van der Waals surface area (Å²) in [5.41, 5.74) is 0. The molecule has 0 spiro atoms. The maximum absolute atomic E-state index is 9.64. The first kappa shape index (κ1) is 8.81. The van der Waals surface area contributed by atoms with Gasteiger partial charge in [0.25, 0.3) is 0 Å². The third-order valence-electron chi connectivity index (χ3n) is 1.85. The number of thiophene rings is 1. The zero-order valence-corrected chi connectivity index (χ0v) is 8.19. The zero-order chi connectivity index (χ0) is 9.42. The van der Waals surface area contributed by atoms with E-state index in [4.69, 9.17) is 16.7 Å². The predicted octanol–water partition coefficient (Wildman–Crippen LogP) is 2.75. The quantitative estimate of drug-likeness (QED) is 0.767. The summed E-state index contributed by atoms with van der Waals surface area (Å²) in [5, 5.41) is 19.7. The summed E-state index contributed by atoms with van der Waals surface area (Å²) in [7, 11) is 0. The van der Waals surface area contributed by atoms with Gasteiger partial charge in [-0.05, 0) is 12.1 Å². The SMILES string of the molecule is OCc1sc2cccc(Cl)c2c1O. The van der Waals surface area contributed by atoms with Crippen molar-refractivity contribution in [3.05, 3.63) is 28.1 Å². The summed E-state index contributed by atoms with van der Waals surface area (Å²) in [6.07, 6.45) is 0. The van der Waals surface area contributed by atoms with E-state index in [2.05, 4.69) is 0 Å². The van der Waals surface area contributed by atoms with Gasteiger partial charge < -0.3 is 10.2 Å². The maximum atomic E-state index is 9.64. The molecule has 2 N–H and O–H groups in total. The van der Waals surface area contributed by atoms with E-state index in [1.165, 1.54) is 11.3 Å². The highest BCUT2D eigenvalue weighted by Gasteiger charge is 2.12. The predicted molar refractivity (Wildman–Crippen MR) is 54.4 cm³/mol. The molecule has 0 amide bonds.